The monoisotopic (exact) mass is 212 g/mol. The number of hydrogen-bond acceptors (Lipinski definition) is 3. The van der Waals surface area contributed by atoms with Gasteiger partial charge in [-0.1, -0.05) is 26.0 Å². The van der Waals surface area contributed by atoms with Gasteiger partial charge in [0.25, 0.3) is 0 Å². The molecule has 2 atom stereocenters. The van der Waals surface area contributed by atoms with Crippen molar-refractivity contribution in [1.29, 1.82) is 0 Å². The van der Waals surface area contributed by atoms with E-state index in [9.17, 15) is 9.90 Å². The minimum Gasteiger partial charge on any atom is -0.467 e. The number of methoxy groups -OCH3 is 1. The maximum atomic E-state index is 11.3. The maximum Gasteiger partial charge on any atom is 0.335 e. The van der Waals surface area contributed by atoms with E-state index in [0.29, 0.717) is 5.92 Å². The van der Waals surface area contributed by atoms with Gasteiger partial charge in [0.05, 0.1) is 7.11 Å². The van der Waals surface area contributed by atoms with E-state index in [-0.39, 0.29) is 0 Å². The minimum absolute atomic E-state index is 0.344. The molecule has 15 heavy (non-hydrogen) atoms. The topological polar surface area (TPSA) is 46.5 Å². The largest absolute Gasteiger partial charge is 0.467 e. The third kappa shape index (κ3) is 2.59. The fourth-order valence-corrected chi connectivity index (χ4v) is 2.11. The summed E-state index contributed by atoms with van der Waals surface area (Å²) < 4.78 is 4.58. The first-order valence-corrected chi connectivity index (χ1v) is 5.41. The smallest absolute Gasteiger partial charge is 0.335 e. The molecule has 0 aromatic heterocycles. The van der Waals surface area contributed by atoms with E-state index in [1.807, 2.05) is 13.8 Å². The summed E-state index contributed by atoms with van der Waals surface area (Å²) in [4.78, 5) is 11.3. The molecule has 3 heteroatoms. The number of rotatable bonds is 3. The Morgan fingerprint density at radius 3 is 2.67 bits per heavy atom. The molecule has 0 bridgehead atoms. The van der Waals surface area contributed by atoms with Crippen molar-refractivity contribution in [1.82, 2.24) is 0 Å². The number of esters is 1. The fourth-order valence-electron chi connectivity index (χ4n) is 2.11. The fraction of sp³-hybridized carbons (Fsp3) is 0.750. The van der Waals surface area contributed by atoms with Gasteiger partial charge >= 0.3 is 5.97 Å². The first kappa shape index (κ1) is 12.2. The Morgan fingerprint density at radius 1 is 1.53 bits per heavy atom. The molecule has 0 fully saturated rings. The van der Waals surface area contributed by atoms with Gasteiger partial charge in [-0.2, -0.15) is 0 Å². The van der Waals surface area contributed by atoms with Gasteiger partial charge < -0.3 is 9.84 Å². The molecular formula is C12H20O3. The van der Waals surface area contributed by atoms with E-state index in [2.05, 4.69) is 16.9 Å². The first-order chi connectivity index (χ1) is 7.00. The van der Waals surface area contributed by atoms with E-state index >= 15 is 0 Å². The zero-order chi connectivity index (χ0) is 11.5. The summed E-state index contributed by atoms with van der Waals surface area (Å²) in [5.41, 5.74) is -0.419. The van der Waals surface area contributed by atoms with Gasteiger partial charge in [0, 0.05) is 5.41 Å². The average molecular weight is 212 g/mol. The van der Waals surface area contributed by atoms with Crippen LogP contribution in [0.2, 0.25) is 0 Å². The number of allylic oxidation sites excluding steroid dienone is 2. The van der Waals surface area contributed by atoms with Crippen LogP contribution in [0.15, 0.2) is 12.2 Å². The van der Waals surface area contributed by atoms with E-state index in [0.717, 1.165) is 19.3 Å². The van der Waals surface area contributed by atoms with Crippen LogP contribution in [0.1, 0.15) is 33.1 Å². The Hall–Kier alpha value is -0.830. The van der Waals surface area contributed by atoms with Crippen LogP contribution in [-0.4, -0.2) is 24.3 Å². The highest BCUT2D eigenvalue weighted by Crippen LogP contribution is 2.38. The second-order valence-corrected chi connectivity index (χ2v) is 4.73. The lowest BCUT2D eigenvalue weighted by atomic mass is 9.69. The first-order valence-electron chi connectivity index (χ1n) is 5.41. The van der Waals surface area contributed by atoms with Crippen LogP contribution in [0, 0.1) is 11.3 Å². The van der Waals surface area contributed by atoms with Crippen LogP contribution in [0.5, 0.6) is 0 Å². The van der Waals surface area contributed by atoms with Gasteiger partial charge in [-0.15, -0.1) is 0 Å². The molecule has 0 saturated carbocycles. The van der Waals surface area contributed by atoms with Crippen molar-refractivity contribution in [2.75, 3.05) is 7.11 Å². The highest BCUT2D eigenvalue weighted by atomic mass is 16.5. The van der Waals surface area contributed by atoms with Crippen LogP contribution < -0.4 is 0 Å². The standard InChI is InChI=1S/C12H20O3/c1-12(2,10(13)11(14)15-3)9-7-5-4-6-8-9/h4-5,9-10,13H,6-8H2,1-3H3. The Balaban J connectivity index is 2.71. The summed E-state index contributed by atoms with van der Waals surface area (Å²) in [7, 11) is 1.31. The summed E-state index contributed by atoms with van der Waals surface area (Å²) in [5, 5.41) is 9.90. The SMILES string of the molecule is COC(=O)C(O)C(C)(C)C1CC=CCC1. The van der Waals surface area contributed by atoms with Crippen molar-refractivity contribution in [2.24, 2.45) is 11.3 Å². The Morgan fingerprint density at radius 2 is 2.20 bits per heavy atom. The maximum absolute atomic E-state index is 11.3. The normalized spacial score (nSPS) is 23.6. The van der Waals surface area contributed by atoms with E-state index < -0.39 is 17.5 Å². The van der Waals surface area contributed by atoms with E-state index in [1.165, 1.54) is 7.11 Å². The molecule has 3 nitrogen and oxygen atoms in total. The van der Waals surface area contributed by atoms with Gasteiger partial charge in [-0.3, -0.25) is 0 Å². The molecule has 0 aliphatic heterocycles. The molecule has 2 unspecified atom stereocenters. The number of hydrogen-bond donors (Lipinski definition) is 1. The predicted molar refractivity (Wildman–Crippen MR) is 58.3 cm³/mol. The lowest BCUT2D eigenvalue weighted by molar-refractivity contribution is -0.159. The summed E-state index contributed by atoms with van der Waals surface area (Å²) in [5.74, 6) is -0.189. The van der Waals surface area contributed by atoms with Crippen LogP contribution in [0.3, 0.4) is 0 Å². The van der Waals surface area contributed by atoms with Gasteiger partial charge in [-0.25, -0.2) is 4.79 Å². The van der Waals surface area contributed by atoms with Gasteiger partial charge in [0.15, 0.2) is 6.10 Å². The van der Waals surface area contributed by atoms with Crippen molar-refractivity contribution in [2.45, 2.75) is 39.2 Å². The van der Waals surface area contributed by atoms with Crippen molar-refractivity contribution in [3.8, 4) is 0 Å². The molecule has 86 valence electrons. The van der Waals surface area contributed by atoms with Crippen LogP contribution in [0.25, 0.3) is 0 Å². The highest BCUT2D eigenvalue weighted by Gasteiger charge is 2.40. The molecule has 1 aliphatic rings. The van der Waals surface area contributed by atoms with Crippen molar-refractivity contribution in [3.05, 3.63) is 12.2 Å². The molecule has 0 heterocycles. The van der Waals surface area contributed by atoms with Crippen molar-refractivity contribution in [3.63, 3.8) is 0 Å². The summed E-state index contributed by atoms with van der Waals surface area (Å²) >= 11 is 0. The average Bonchev–Trinajstić information content (AvgIpc) is 2.28. The lowest BCUT2D eigenvalue weighted by Crippen LogP contribution is -2.42. The predicted octanol–water partition coefficient (Wildman–Crippen LogP) is 1.90. The van der Waals surface area contributed by atoms with Crippen LogP contribution in [0.4, 0.5) is 0 Å². The number of aliphatic hydroxyl groups is 1. The number of carbonyl (C=O) groups is 1. The Labute approximate surface area is 91.1 Å². The van der Waals surface area contributed by atoms with Crippen molar-refractivity contribution >= 4 is 5.97 Å². The molecular weight excluding hydrogens is 192 g/mol. The van der Waals surface area contributed by atoms with Gasteiger partial charge in [0.1, 0.15) is 0 Å². The summed E-state index contributed by atoms with van der Waals surface area (Å²) in [6, 6.07) is 0. The molecule has 0 aromatic rings. The number of carbonyl (C=O) groups excluding carboxylic acids is 1. The van der Waals surface area contributed by atoms with Gasteiger partial charge in [0.2, 0.25) is 0 Å². The molecule has 0 saturated heterocycles. The Kier molecular flexibility index (Phi) is 3.91. The third-order valence-corrected chi connectivity index (χ3v) is 3.45. The zero-order valence-corrected chi connectivity index (χ0v) is 9.69. The molecule has 0 amide bonds. The van der Waals surface area contributed by atoms with Crippen molar-refractivity contribution < 1.29 is 14.6 Å². The highest BCUT2D eigenvalue weighted by molar-refractivity contribution is 5.75. The van der Waals surface area contributed by atoms with Gasteiger partial charge in [-0.05, 0) is 25.2 Å². The molecule has 1 aliphatic carbocycles. The van der Waals surface area contributed by atoms with Crippen LogP contribution >= 0.6 is 0 Å². The lowest BCUT2D eigenvalue weighted by Gasteiger charge is -2.37. The summed E-state index contributed by atoms with van der Waals surface area (Å²) in [6.45, 7) is 3.86. The molecule has 0 radical (unpaired) electrons. The second kappa shape index (κ2) is 4.79. The van der Waals surface area contributed by atoms with E-state index in [4.69, 9.17) is 0 Å². The quantitative estimate of drug-likeness (QED) is 0.574. The number of aliphatic hydroxyl groups excluding tert-OH is 1. The third-order valence-electron chi connectivity index (χ3n) is 3.45. The summed E-state index contributed by atoms with van der Waals surface area (Å²) in [6.07, 6.45) is 6.23. The zero-order valence-electron chi connectivity index (χ0n) is 9.69. The molecule has 0 spiro atoms. The number of ether oxygens (including phenoxy) is 1. The second-order valence-electron chi connectivity index (χ2n) is 4.73. The minimum atomic E-state index is -1.03. The van der Waals surface area contributed by atoms with E-state index in [1.54, 1.807) is 0 Å². The molecule has 1 rings (SSSR count). The molecule has 1 N–H and O–H groups in total. The molecule has 0 aromatic carbocycles. The van der Waals surface area contributed by atoms with Crippen LogP contribution in [-0.2, 0) is 9.53 Å². The Bertz CT molecular complexity index is 256.